The number of likely N-dealkylation sites (tertiary alicyclic amines) is 2. The lowest BCUT2D eigenvalue weighted by molar-refractivity contribution is 0.0471. The van der Waals surface area contributed by atoms with Crippen LogP contribution in [0.15, 0.2) is 60.8 Å². The number of methoxy groups -OCH3 is 1. The van der Waals surface area contributed by atoms with Crippen LogP contribution in [0, 0.1) is 24.7 Å². The van der Waals surface area contributed by atoms with Gasteiger partial charge in [-0.25, -0.2) is 4.98 Å². The molecule has 10 heteroatoms. The maximum Gasteiger partial charge on any atom is 0.254 e. The minimum atomic E-state index is -0.00343. The standard InChI is InChI=1S/C38H41N7O3/c1-22-13-26(11-12-40-22)37(46)42-17-24(18-42)20-45-35-29(14-28(16-33(35)48-2)38(47)44-21-27-9-10-31(44)34(27)39)41-36(45)32-15-25-5-3-4-6-30(25)43(32)19-23-7-8-23/h3-6,11-16,23-24,27,31,34H,7-10,17-21,39H2,1-2H3/t27?,31?,34-/m1/s1. The fraction of sp³-hybridized carbons (Fsp3) is 0.421. The average Bonchev–Trinajstić information content (AvgIpc) is 3.43. The number of aromatic nitrogens is 4. The molecule has 48 heavy (non-hydrogen) atoms. The molecule has 4 aliphatic rings. The van der Waals surface area contributed by atoms with Crippen molar-refractivity contribution in [1.29, 1.82) is 0 Å². The van der Waals surface area contributed by atoms with Crippen LogP contribution in [0.1, 0.15) is 52.1 Å². The van der Waals surface area contributed by atoms with Crippen LogP contribution in [0.2, 0.25) is 0 Å². The second-order valence-corrected chi connectivity index (χ2v) is 14.4. The van der Waals surface area contributed by atoms with Crippen molar-refractivity contribution in [2.45, 2.75) is 57.8 Å². The van der Waals surface area contributed by atoms with E-state index in [1.54, 1.807) is 19.4 Å². The molecule has 3 aromatic heterocycles. The predicted octanol–water partition coefficient (Wildman–Crippen LogP) is 5.11. The summed E-state index contributed by atoms with van der Waals surface area (Å²) in [6.45, 7) is 5.54. The summed E-state index contributed by atoms with van der Waals surface area (Å²) < 4.78 is 10.7. The zero-order valence-corrected chi connectivity index (χ0v) is 27.5. The number of ether oxygens (including phenoxy) is 1. The molecule has 0 radical (unpaired) electrons. The van der Waals surface area contributed by atoms with Crippen LogP contribution in [0.3, 0.4) is 0 Å². The van der Waals surface area contributed by atoms with E-state index in [4.69, 9.17) is 15.5 Å². The Hall–Kier alpha value is -4.70. The number of nitrogens with zero attached hydrogens (tertiary/aromatic N) is 6. The Morgan fingerprint density at radius 3 is 2.44 bits per heavy atom. The normalized spacial score (nSPS) is 22.2. The molecule has 0 spiro atoms. The number of carbonyl (C=O) groups is 2. The molecular formula is C38H41N7O3. The summed E-state index contributed by atoms with van der Waals surface area (Å²) in [5.41, 5.74) is 12.5. The van der Waals surface area contributed by atoms with Crippen molar-refractivity contribution in [1.82, 2.24) is 28.9 Å². The van der Waals surface area contributed by atoms with Crippen LogP contribution < -0.4 is 10.5 Å². The number of amides is 2. The highest BCUT2D eigenvalue weighted by molar-refractivity contribution is 6.01. The van der Waals surface area contributed by atoms with Gasteiger partial charge < -0.3 is 29.4 Å². The van der Waals surface area contributed by atoms with Crippen LogP contribution in [-0.2, 0) is 13.1 Å². The first-order chi connectivity index (χ1) is 23.4. The van der Waals surface area contributed by atoms with E-state index in [1.807, 2.05) is 34.9 Å². The van der Waals surface area contributed by atoms with E-state index in [1.165, 1.54) is 23.7 Å². The first kappa shape index (κ1) is 29.4. The SMILES string of the molecule is COc1cc(C(=O)N2CC3CCC2[C@@H]3N)cc2nc(-c3cc4ccccc4n3CC3CC3)n(CC3CN(C(=O)c4ccnc(C)c4)C3)c12. The molecule has 246 valence electrons. The Labute approximate surface area is 279 Å². The summed E-state index contributed by atoms with van der Waals surface area (Å²) in [6.07, 6.45) is 6.23. The number of pyridine rings is 1. The lowest BCUT2D eigenvalue weighted by Crippen LogP contribution is -2.51. The number of hydrogen-bond donors (Lipinski definition) is 1. The smallest absolute Gasteiger partial charge is 0.254 e. The van der Waals surface area contributed by atoms with E-state index in [0.717, 1.165) is 47.6 Å². The Bertz CT molecular complexity index is 2090. The summed E-state index contributed by atoms with van der Waals surface area (Å²) >= 11 is 0. The number of imidazole rings is 1. The molecule has 2 bridgehead atoms. The number of rotatable bonds is 8. The van der Waals surface area contributed by atoms with Crippen molar-refractivity contribution in [3.8, 4) is 17.3 Å². The number of piperidine rings is 1. The van der Waals surface area contributed by atoms with E-state index in [0.29, 0.717) is 54.9 Å². The van der Waals surface area contributed by atoms with Gasteiger partial charge in [0.05, 0.1) is 18.3 Å². The Balaban J connectivity index is 1.12. The number of carbonyl (C=O) groups excluding carboxylic acids is 2. The van der Waals surface area contributed by atoms with Gasteiger partial charge in [0.2, 0.25) is 0 Å². The molecule has 2 aromatic carbocycles. The maximum atomic E-state index is 14.0. The summed E-state index contributed by atoms with van der Waals surface area (Å²) in [6, 6.07) is 18.4. The molecule has 4 fully saturated rings. The van der Waals surface area contributed by atoms with Gasteiger partial charge in [-0.1, -0.05) is 18.2 Å². The van der Waals surface area contributed by atoms with Crippen LogP contribution in [0.25, 0.3) is 33.5 Å². The minimum Gasteiger partial charge on any atom is -0.494 e. The largest absolute Gasteiger partial charge is 0.494 e. The lowest BCUT2D eigenvalue weighted by Gasteiger charge is -2.40. The zero-order chi connectivity index (χ0) is 32.7. The highest BCUT2D eigenvalue weighted by atomic mass is 16.5. The third-order valence-corrected chi connectivity index (χ3v) is 11.2. The number of fused-ring (bicyclic) bond motifs is 4. The first-order valence-electron chi connectivity index (χ1n) is 17.3. The molecule has 2 amide bonds. The van der Waals surface area contributed by atoms with Crippen molar-refractivity contribution < 1.29 is 14.3 Å². The second-order valence-electron chi connectivity index (χ2n) is 14.4. The molecule has 10 nitrogen and oxygen atoms in total. The molecule has 2 saturated heterocycles. The van der Waals surface area contributed by atoms with Gasteiger partial charge in [-0.3, -0.25) is 14.6 Å². The van der Waals surface area contributed by atoms with E-state index in [-0.39, 0.29) is 29.8 Å². The molecule has 2 saturated carbocycles. The van der Waals surface area contributed by atoms with Gasteiger partial charge in [-0.05, 0) is 80.8 Å². The van der Waals surface area contributed by atoms with Gasteiger partial charge in [0.1, 0.15) is 11.3 Å². The molecule has 5 aromatic rings. The van der Waals surface area contributed by atoms with Crippen LogP contribution in [0.5, 0.6) is 5.75 Å². The third-order valence-electron chi connectivity index (χ3n) is 11.2. The summed E-state index contributed by atoms with van der Waals surface area (Å²) in [4.78, 5) is 40.7. The molecule has 9 rings (SSSR count). The minimum absolute atomic E-state index is 0.00343. The third kappa shape index (κ3) is 4.79. The van der Waals surface area contributed by atoms with E-state index in [2.05, 4.69) is 44.5 Å². The van der Waals surface area contributed by atoms with Crippen molar-refractivity contribution in [2.75, 3.05) is 26.7 Å². The van der Waals surface area contributed by atoms with Gasteiger partial charge >= 0.3 is 0 Å². The summed E-state index contributed by atoms with van der Waals surface area (Å²) in [5.74, 6) is 2.81. The van der Waals surface area contributed by atoms with Crippen LogP contribution in [0.4, 0.5) is 0 Å². The quantitative estimate of drug-likeness (QED) is 0.252. The summed E-state index contributed by atoms with van der Waals surface area (Å²) in [7, 11) is 1.66. The lowest BCUT2D eigenvalue weighted by atomic mass is 9.98. The van der Waals surface area contributed by atoms with E-state index in [9.17, 15) is 9.59 Å². The highest BCUT2D eigenvalue weighted by Crippen LogP contribution is 2.41. The zero-order valence-electron chi connectivity index (χ0n) is 27.5. The van der Waals surface area contributed by atoms with Gasteiger partial charge in [-0.2, -0.15) is 0 Å². The first-order valence-corrected chi connectivity index (χ1v) is 17.3. The molecule has 3 atom stereocenters. The van der Waals surface area contributed by atoms with Crippen LogP contribution in [-0.4, -0.2) is 79.5 Å². The number of aryl methyl sites for hydroxylation is 1. The second kappa shape index (κ2) is 11.2. The highest BCUT2D eigenvalue weighted by Gasteiger charge is 2.47. The average molecular weight is 644 g/mol. The number of benzene rings is 2. The van der Waals surface area contributed by atoms with Crippen molar-refractivity contribution in [3.05, 3.63) is 77.6 Å². The maximum absolute atomic E-state index is 14.0. The number of para-hydroxylation sites is 1. The Kier molecular flexibility index (Phi) is 6.86. The predicted molar refractivity (Wildman–Crippen MR) is 184 cm³/mol. The van der Waals surface area contributed by atoms with Gasteiger partial charge in [0, 0.05) is 84.6 Å². The Morgan fingerprint density at radius 2 is 1.71 bits per heavy atom. The van der Waals surface area contributed by atoms with Crippen molar-refractivity contribution in [2.24, 2.45) is 23.5 Å². The molecule has 2 aliphatic carbocycles. The fourth-order valence-electron chi connectivity index (χ4n) is 8.45. The van der Waals surface area contributed by atoms with Gasteiger partial charge in [0.15, 0.2) is 5.82 Å². The monoisotopic (exact) mass is 643 g/mol. The molecule has 2 N–H and O–H groups in total. The van der Waals surface area contributed by atoms with Gasteiger partial charge in [0.25, 0.3) is 11.8 Å². The number of nitrogens with two attached hydrogens (primary N) is 1. The van der Waals surface area contributed by atoms with Crippen molar-refractivity contribution in [3.63, 3.8) is 0 Å². The molecule has 2 aliphatic heterocycles. The Morgan fingerprint density at radius 1 is 0.896 bits per heavy atom. The van der Waals surface area contributed by atoms with E-state index < -0.39 is 0 Å². The van der Waals surface area contributed by atoms with Gasteiger partial charge in [-0.15, -0.1) is 0 Å². The molecule has 5 heterocycles. The van der Waals surface area contributed by atoms with E-state index >= 15 is 0 Å². The summed E-state index contributed by atoms with van der Waals surface area (Å²) in [5, 5.41) is 1.18. The molecule has 2 unspecified atom stereocenters. The van der Waals surface area contributed by atoms with Crippen molar-refractivity contribution >= 4 is 33.8 Å². The van der Waals surface area contributed by atoms with Crippen LogP contribution >= 0.6 is 0 Å². The topological polar surface area (TPSA) is 112 Å². The molecular weight excluding hydrogens is 602 g/mol. The fourth-order valence-corrected chi connectivity index (χ4v) is 8.45. The number of hydrogen-bond acceptors (Lipinski definition) is 6.